The van der Waals surface area contributed by atoms with Gasteiger partial charge in [-0.25, -0.2) is 0 Å². The van der Waals surface area contributed by atoms with Gasteiger partial charge in [0, 0.05) is 25.7 Å². The van der Waals surface area contributed by atoms with Gasteiger partial charge in [0.1, 0.15) is 24.2 Å². The maximum Gasteiger partial charge on any atom is 0.303 e. The molecule has 10 heteroatoms. The molecule has 1 aromatic carbocycles. The highest BCUT2D eigenvalue weighted by atomic mass is 32.2. The van der Waals surface area contributed by atoms with Crippen molar-refractivity contribution in [2.45, 2.75) is 55.5 Å². The molecule has 3 unspecified atom stereocenters. The van der Waals surface area contributed by atoms with E-state index in [9.17, 15) is 14.4 Å². The van der Waals surface area contributed by atoms with Crippen molar-refractivity contribution in [3.63, 3.8) is 0 Å². The van der Waals surface area contributed by atoms with Gasteiger partial charge < -0.3 is 18.9 Å². The number of ether oxygens (including phenoxy) is 4. The SMILES string of the molecule is C=NC1C(OC(C)=O)[C@@H](Sc2cccc(C#N)c2)OC(COC(C)=O)[C@@H]1OC(C)=O. The van der Waals surface area contributed by atoms with Crippen molar-refractivity contribution in [2.24, 2.45) is 4.99 Å². The quantitative estimate of drug-likeness (QED) is 0.359. The number of nitriles is 1. The second-order valence-electron chi connectivity index (χ2n) is 6.42. The minimum absolute atomic E-state index is 0.193. The van der Waals surface area contributed by atoms with E-state index in [1.54, 1.807) is 24.3 Å². The maximum atomic E-state index is 11.7. The number of carbonyl (C=O) groups is 3. The number of thioether (sulfide) groups is 1. The molecule has 9 nitrogen and oxygen atoms in total. The summed E-state index contributed by atoms with van der Waals surface area (Å²) >= 11 is 1.20. The predicted molar refractivity (Wildman–Crippen MR) is 107 cm³/mol. The summed E-state index contributed by atoms with van der Waals surface area (Å²) in [6.07, 6.45) is -2.78. The van der Waals surface area contributed by atoms with E-state index >= 15 is 0 Å². The zero-order valence-corrected chi connectivity index (χ0v) is 17.6. The molecule has 1 fully saturated rings. The van der Waals surface area contributed by atoms with Crippen LogP contribution in [0.15, 0.2) is 34.2 Å². The normalized spacial score (nSPS) is 25.5. The third kappa shape index (κ3) is 6.30. The standard InChI is InChI=1S/C20H22N2O7S/c1-11(23)26-10-16-18(27-12(2)24)17(22-4)19(28-13(3)25)20(29-16)30-15-7-5-6-14(8-15)9-21/h5-8,16-20H,4,10H2,1-3H3/t16?,17?,18-,19?,20+/m0/s1. The van der Waals surface area contributed by atoms with Crippen molar-refractivity contribution < 1.29 is 33.3 Å². The predicted octanol–water partition coefficient (Wildman–Crippen LogP) is 1.87. The second kappa shape index (κ2) is 10.8. The van der Waals surface area contributed by atoms with Crippen LogP contribution in [0.25, 0.3) is 0 Å². The van der Waals surface area contributed by atoms with Gasteiger partial charge in [0.05, 0.1) is 11.6 Å². The number of rotatable bonds is 7. The Morgan fingerprint density at radius 3 is 2.40 bits per heavy atom. The van der Waals surface area contributed by atoms with Crippen LogP contribution < -0.4 is 0 Å². The van der Waals surface area contributed by atoms with Crippen LogP contribution in [-0.2, 0) is 33.3 Å². The fraction of sp³-hybridized carbons (Fsp3) is 0.450. The molecule has 0 N–H and O–H groups in total. The minimum Gasteiger partial charge on any atom is -0.463 e. The van der Waals surface area contributed by atoms with Gasteiger partial charge in [-0.15, -0.1) is 0 Å². The Labute approximate surface area is 178 Å². The lowest BCUT2D eigenvalue weighted by molar-refractivity contribution is -0.200. The zero-order valence-electron chi connectivity index (χ0n) is 16.8. The van der Waals surface area contributed by atoms with E-state index in [1.807, 2.05) is 0 Å². The Bertz CT molecular complexity index is 854. The lowest BCUT2D eigenvalue weighted by Gasteiger charge is -2.43. The summed E-state index contributed by atoms with van der Waals surface area (Å²) in [6, 6.07) is 8.00. The van der Waals surface area contributed by atoms with E-state index in [0.717, 1.165) is 0 Å². The van der Waals surface area contributed by atoms with Gasteiger partial charge in [0.2, 0.25) is 0 Å². The molecule has 0 spiro atoms. The highest BCUT2D eigenvalue weighted by Gasteiger charge is 2.50. The molecule has 1 aromatic rings. The summed E-state index contributed by atoms with van der Waals surface area (Å²) in [6.45, 7) is 7.06. The van der Waals surface area contributed by atoms with Gasteiger partial charge >= 0.3 is 17.9 Å². The van der Waals surface area contributed by atoms with E-state index in [-0.39, 0.29) is 6.61 Å². The molecule has 1 saturated heterocycles. The molecule has 0 aliphatic carbocycles. The monoisotopic (exact) mass is 434 g/mol. The van der Waals surface area contributed by atoms with Crippen molar-refractivity contribution in [1.29, 1.82) is 5.26 Å². The maximum absolute atomic E-state index is 11.7. The first-order chi connectivity index (χ1) is 14.2. The third-order valence-electron chi connectivity index (χ3n) is 4.10. The van der Waals surface area contributed by atoms with Crippen molar-refractivity contribution in [3.05, 3.63) is 29.8 Å². The summed E-state index contributed by atoms with van der Waals surface area (Å²) < 4.78 is 21.9. The van der Waals surface area contributed by atoms with Gasteiger partial charge in [-0.2, -0.15) is 5.26 Å². The van der Waals surface area contributed by atoms with Crippen LogP contribution in [0.4, 0.5) is 0 Å². The number of aliphatic imine (C=N–C) groups is 1. The Balaban J connectivity index is 2.39. The van der Waals surface area contributed by atoms with Crippen LogP contribution in [0.2, 0.25) is 0 Å². The van der Waals surface area contributed by atoms with Crippen LogP contribution in [0, 0.1) is 11.3 Å². The molecule has 0 aromatic heterocycles. The van der Waals surface area contributed by atoms with Gasteiger partial charge in [-0.05, 0) is 24.9 Å². The highest BCUT2D eigenvalue weighted by molar-refractivity contribution is 7.99. The molecule has 30 heavy (non-hydrogen) atoms. The Hall–Kier alpha value is -2.90. The average molecular weight is 434 g/mol. The largest absolute Gasteiger partial charge is 0.463 e. The number of nitrogens with zero attached hydrogens (tertiary/aromatic N) is 2. The van der Waals surface area contributed by atoms with Crippen molar-refractivity contribution in [1.82, 2.24) is 0 Å². The Morgan fingerprint density at radius 1 is 1.17 bits per heavy atom. The fourth-order valence-corrected chi connectivity index (χ4v) is 4.13. The second-order valence-corrected chi connectivity index (χ2v) is 7.60. The summed E-state index contributed by atoms with van der Waals surface area (Å²) in [7, 11) is 0. The molecule has 0 radical (unpaired) electrons. The molecule has 1 aliphatic heterocycles. The molecular formula is C20H22N2O7S. The molecule has 0 amide bonds. The fourth-order valence-electron chi connectivity index (χ4n) is 2.96. The lowest BCUT2D eigenvalue weighted by atomic mass is 9.97. The van der Waals surface area contributed by atoms with E-state index in [1.165, 1.54) is 32.5 Å². The van der Waals surface area contributed by atoms with Crippen molar-refractivity contribution >= 4 is 36.4 Å². The number of esters is 3. The van der Waals surface area contributed by atoms with Gasteiger partial charge in [-0.3, -0.25) is 19.4 Å². The molecule has 0 bridgehead atoms. The molecule has 1 aliphatic rings. The first-order valence-electron chi connectivity index (χ1n) is 9.01. The lowest BCUT2D eigenvalue weighted by Crippen LogP contribution is -2.59. The van der Waals surface area contributed by atoms with E-state index in [0.29, 0.717) is 10.5 Å². The molecule has 1 heterocycles. The first-order valence-corrected chi connectivity index (χ1v) is 9.89. The molecule has 5 atom stereocenters. The number of hydrogen-bond donors (Lipinski definition) is 0. The first kappa shape index (κ1) is 23.4. The van der Waals surface area contributed by atoms with E-state index in [2.05, 4.69) is 17.8 Å². The third-order valence-corrected chi connectivity index (χ3v) is 5.24. The molecule has 0 saturated carbocycles. The van der Waals surface area contributed by atoms with Crippen LogP contribution in [-0.4, -0.2) is 61.0 Å². The van der Waals surface area contributed by atoms with E-state index in [4.69, 9.17) is 24.2 Å². The minimum atomic E-state index is -0.981. The molecule has 160 valence electrons. The Morgan fingerprint density at radius 2 is 1.83 bits per heavy atom. The van der Waals surface area contributed by atoms with Crippen LogP contribution in [0.5, 0.6) is 0 Å². The summed E-state index contributed by atoms with van der Waals surface area (Å²) in [5, 5.41) is 9.12. The smallest absolute Gasteiger partial charge is 0.303 e. The van der Waals surface area contributed by atoms with Crippen molar-refractivity contribution in [3.8, 4) is 6.07 Å². The van der Waals surface area contributed by atoms with Crippen LogP contribution in [0.3, 0.4) is 0 Å². The topological polar surface area (TPSA) is 124 Å². The summed E-state index contributed by atoms with van der Waals surface area (Å²) in [5.41, 5.74) is -0.335. The van der Waals surface area contributed by atoms with Gasteiger partial charge in [0.15, 0.2) is 12.2 Å². The summed E-state index contributed by atoms with van der Waals surface area (Å²) in [5.74, 6) is -1.70. The van der Waals surface area contributed by atoms with Gasteiger partial charge in [-0.1, -0.05) is 17.8 Å². The highest BCUT2D eigenvalue weighted by Crippen LogP contribution is 2.37. The summed E-state index contributed by atoms with van der Waals surface area (Å²) in [4.78, 5) is 39.4. The number of hydrogen-bond acceptors (Lipinski definition) is 10. The number of carbonyl (C=O) groups excluding carboxylic acids is 3. The Kier molecular flexibility index (Phi) is 8.38. The van der Waals surface area contributed by atoms with Gasteiger partial charge in [0.25, 0.3) is 0 Å². The van der Waals surface area contributed by atoms with Crippen molar-refractivity contribution in [2.75, 3.05) is 6.61 Å². The van der Waals surface area contributed by atoms with Crippen LogP contribution in [0.1, 0.15) is 26.3 Å². The molecule has 2 rings (SSSR count). The molecular weight excluding hydrogens is 412 g/mol. The van der Waals surface area contributed by atoms with Crippen LogP contribution >= 0.6 is 11.8 Å². The average Bonchev–Trinajstić information content (AvgIpc) is 2.68. The zero-order chi connectivity index (χ0) is 22.3. The van der Waals surface area contributed by atoms with E-state index < -0.39 is 47.7 Å². The number of benzene rings is 1.